The number of hydrogen-bond donors (Lipinski definition) is 1. The van der Waals surface area contributed by atoms with E-state index in [9.17, 15) is 9.59 Å². The largest absolute Gasteiger partial charge is 0.476 e. The minimum Gasteiger partial charge on any atom is -0.476 e. The van der Waals surface area contributed by atoms with Crippen molar-refractivity contribution in [1.82, 2.24) is 9.88 Å². The first-order chi connectivity index (χ1) is 9.56. The number of amides is 1. The second kappa shape index (κ2) is 4.94. The van der Waals surface area contributed by atoms with E-state index in [1.165, 1.54) is 0 Å². The molecule has 6 nitrogen and oxygen atoms in total. The fraction of sp³-hybridized carbons (Fsp3) is 0.462. The van der Waals surface area contributed by atoms with Crippen LogP contribution in [0.15, 0.2) is 12.1 Å². The van der Waals surface area contributed by atoms with Crippen LogP contribution in [-0.4, -0.2) is 52.5 Å². The van der Waals surface area contributed by atoms with Crippen LogP contribution in [0.3, 0.4) is 0 Å². The number of carboxylic acid groups (broad SMARTS) is 1. The molecule has 0 aromatic carbocycles. The summed E-state index contributed by atoms with van der Waals surface area (Å²) in [5.74, 6) is -0.317. The second-order valence-corrected chi connectivity index (χ2v) is 5.44. The van der Waals surface area contributed by atoms with E-state index in [0.717, 1.165) is 6.42 Å². The van der Waals surface area contributed by atoms with Crippen molar-refractivity contribution >= 4 is 29.3 Å². The molecule has 7 heteroatoms. The Hall–Kier alpha value is -1.82. The number of carboxylic acids is 1. The van der Waals surface area contributed by atoms with Gasteiger partial charge in [-0.05, 0) is 18.6 Å². The van der Waals surface area contributed by atoms with Gasteiger partial charge < -0.3 is 14.9 Å². The molecule has 0 aliphatic carbocycles. The van der Waals surface area contributed by atoms with Crippen LogP contribution in [0.25, 0.3) is 0 Å². The molecule has 0 saturated carbocycles. The van der Waals surface area contributed by atoms with Crippen LogP contribution >= 0.6 is 11.6 Å². The lowest BCUT2D eigenvalue weighted by molar-refractivity contribution is -0.129. The highest BCUT2D eigenvalue weighted by atomic mass is 35.5. The number of halogens is 1. The summed E-state index contributed by atoms with van der Waals surface area (Å²) >= 11 is 5.82. The smallest absolute Gasteiger partial charge is 0.356 e. The highest BCUT2D eigenvalue weighted by molar-refractivity contribution is 6.33. The van der Waals surface area contributed by atoms with Crippen LogP contribution < -0.4 is 4.90 Å². The molecule has 2 aliphatic heterocycles. The summed E-state index contributed by atoms with van der Waals surface area (Å²) in [6.07, 6.45) is 1.46. The molecule has 1 amide bonds. The lowest BCUT2D eigenvalue weighted by Crippen LogP contribution is -2.51. The number of pyridine rings is 1. The van der Waals surface area contributed by atoms with E-state index in [1.807, 2.05) is 9.80 Å². The summed E-state index contributed by atoms with van der Waals surface area (Å²) in [5.41, 5.74) is -0.130. The Morgan fingerprint density at radius 2 is 2.20 bits per heavy atom. The van der Waals surface area contributed by atoms with Gasteiger partial charge in [0.05, 0.1) is 5.02 Å². The van der Waals surface area contributed by atoms with Crippen molar-refractivity contribution in [2.24, 2.45) is 0 Å². The third-order valence-corrected chi connectivity index (χ3v) is 4.16. The predicted octanol–water partition coefficient (Wildman–Crippen LogP) is 1.24. The van der Waals surface area contributed by atoms with Crippen LogP contribution in [0.1, 0.15) is 23.3 Å². The summed E-state index contributed by atoms with van der Waals surface area (Å²) in [4.78, 5) is 30.7. The number of nitrogens with zero attached hydrogens (tertiary/aromatic N) is 3. The van der Waals surface area contributed by atoms with Crippen molar-refractivity contribution in [1.29, 1.82) is 0 Å². The van der Waals surface area contributed by atoms with E-state index in [1.54, 1.807) is 12.1 Å². The SMILES string of the molecule is O=C(O)c1nc(N2CCN3C(=O)CCC3C2)ccc1Cl. The molecule has 1 aromatic rings. The third-order valence-electron chi connectivity index (χ3n) is 3.85. The maximum atomic E-state index is 11.6. The Labute approximate surface area is 120 Å². The maximum Gasteiger partial charge on any atom is 0.356 e. The first-order valence-electron chi connectivity index (χ1n) is 6.50. The molecule has 0 spiro atoms. The minimum absolute atomic E-state index is 0.130. The van der Waals surface area contributed by atoms with Gasteiger partial charge in [0.15, 0.2) is 5.69 Å². The monoisotopic (exact) mass is 295 g/mol. The van der Waals surface area contributed by atoms with Gasteiger partial charge in [-0.1, -0.05) is 11.6 Å². The molecular formula is C13H14ClN3O3. The lowest BCUT2D eigenvalue weighted by Gasteiger charge is -2.38. The number of fused-ring (bicyclic) bond motifs is 1. The molecular weight excluding hydrogens is 282 g/mol. The molecule has 106 valence electrons. The standard InChI is InChI=1S/C13H14ClN3O3/c14-9-2-3-10(15-12(9)13(19)20)16-5-6-17-8(7-16)1-4-11(17)18/h2-3,8H,1,4-7H2,(H,19,20). The van der Waals surface area contributed by atoms with E-state index in [-0.39, 0.29) is 22.7 Å². The Kier molecular flexibility index (Phi) is 3.25. The van der Waals surface area contributed by atoms with E-state index in [0.29, 0.717) is 31.9 Å². The molecule has 3 rings (SSSR count). The average Bonchev–Trinajstić information content (AvgIpc) is 2.80. The third kappa shape index (κ3) is 2.20. The summed E-state index contributed by atoms with van der Waals surface area (Å²) < 4.78 is 0. The zero-order valence-electron chi connectivity index (χ0n) is 10.8. The number of rotatable bonds is 2. The van der Waals surface area contributed by atoms with Crippen LogP contribution in [0.4, 0.5) is 5.82 Å². The van der Waals surface area contributed by atoms with Gasteiger partial charge in [-0.25, -0.2) is 9.78 Å². The quantitative estimate of drug-likeness (QED) is 0.889. The van der Waals surface area contributed by atoms with Crippen LogP contribution in [-0.2, 0) is 4.79 Å². The van der Waals surface area contributed by atoms with Crippen molar-refractivity contribution in [2.45, 2.75) is 18.9 Å². The molecule has 20 heavy (non-hydrogen) atoms. The first kappa shape index (κ1) is 13.2. The van der Waals surface area contributed by atoms with Crippen LogP contribution in [0.5, 0.6) is 0 Å². The molecule has 1 aromatic heterocycles. The van der Waals surface area contributed by atoms with E-state index in [4.69, 9.17) is 16.7 Å². The highest BCUT2D eigenvalue weighted by Gasteiger charge is 2.35. The fourth-order valence-electron chi connectivity index (χ4n) is 2.83. The van der Waals surface area contributed by atoms with Gasteiger partial charge in [-0.3, -0.25) is 4.79 Å². The minimum atomic E-state index is -1.13. The van der Waals surface area contributed by atoms with Gasteiger partial charge in [0.2, 0.25) is 5.91 Å². The van der Waals surface area contributed by atoms with Gasteiger partial charge in [-0.15, -0.1) is 0 Å². The molecule has 0 radical (unpaired) electrons. The molecule has 2 aliphatic rings. The second-order valence-electron chi connectivity index (χ2n) is 5.03. The van der Waals surface area contributed by atoms with Gasteiger partial charge in [0, 0.05) is 32.1 Å². The van der Waals surface area contributed by atoms with Gasteiger partial charge in [0.1, 0.15) is 5.82 Å². The van der Waals surface area contributed by atoms with Crippen molar-refractivity contribution in [3.05, 3.63) is 22.8 Å². The lowest BCUT2D eigenvalue weighted by atomic mass is 10.1. The van der Waals surface area contributed by atoms with Crippen molar-refractivity contribution in [3.8, 4) is 0 Å². The normalized spacial score (nSPS) is 22.1. The van der Waals surface area contributed by atoms with Crippen molar-refractivity contribution in [2.75, 3.05) is 24.5 Å². The Bertz CT molecular complexity index is 578. The first-order valence-corrected chi connectivity index (χ1v) is 6.88. The van der Waals surface area contributed by atoms with Crippen molar-refractivity contribution in [3.63, 3.8) is 0 Å². The highest BCUT2D eigenvalue weighted by Crippen LogP contribution is 2.26. The van der Waals surface area contributed by atoms with E-state index < -0.39 is 5.97 Å². The van der Waals surface area contributed by atoms with E-state index >= 15 is 0 Å². The number of hydrogen-bond acceptors (Lipinski definition) is 4. The molecule has 2 fully saturated rings. The summed E-state index contributed by atoms with van der Waals surface area (Å²) in [7, 11) is 0. The number of anilines is 1. The number of carbonyl (C=O) groups is 2. The van der Waals surface area contributed by atoms with E-state index in [2.05, 4.69) is 4.98 Å². The molecule has 1 N–H and O–H groups in total. The predicted molar refractivity (Wildman–Crippen MR) is 73.2 cm³/mol. The van der Waals surface area contributed by atoms with Gasteiger partial charge >= 0.3 is 5.97 Å². The topological polar surface area (TPSA) is 73.7 Å². The zero-order valence-corrected chi connectivity index (χ0v) is 11.5. The Morgan fingerprint density at radius 1 is 1.40 bits per heavy atom. The number of carbonyl (C=O) groups excluding carboxylic acids is 1. The molecule has 1 unspecified atom stereocenters. The molecule has 3 heterocycles. The number of aromatic carboxylic acids is 1. The molecule has 2 saturated heterocycles. The van der Waals surface area contributed by atoms with Gasteiger partial charge in [-0.2, -0.15) is 0 Å². The molecule has 0 bridgehead atoms. The zero-order chi connectivity index (χ0) is 14.3. The summed E-state index contributed by atoms with van der Waals surface area (Å²) in [5, 5.41) is 9.19. The summed E-state index contributed by atoms with van der Waals surface area (Å²) in [6.45, 7) is 2.02. The molecule has 1 atom stereocenters. The van der Waals surface area contributed by atoms with Crippen LogP contribution in [0, 0.1) is 0 Å². The summed E-state index contributed by atoms with van der Waals surface area (Å²) in [6, 6.07) is 3.49. The Morgan fingerprint density at radius 3 is 2.95 bits per heavy atom. The Balaban J connectivity index is 1.82. The number of piperazine rings is 1. The van der Waals surface area contributed by atoms with Gasteiger partial charge in [0.25, 0.3) is 0 Å². The maximum absolute atomic E-state index is 11.6. The van der Waals surface area contributed by atoms with Crippen LogP contribution in [0.2, 0.25) is 5.02 Å². The van der Waals surface area contributed by atoms with Crippen molar-refractivity contribution < 1.29 is 14.7 Å². The number of aromatic nitrogens is 1. The fourth-order valence-corrected chi connectivity index (χ4v) is 3.02. The average molecular weight is 296 g/mol.